The van der Waals surface area contributed by atoms with Gasteiger partial charge in [-0.2, -0.15) is 4.31 Å². The van der Waals surface area contributed by atoms with Gasteiger partial charge in [0, 0.05) is 31.7 Å². The van der Waals surface area contributed by atoms with Crippen molar-refractivity contribution in [3.05, 3.63) is 29.8 Å². The van der Waals surface area contributed by atoms with E-state index < -0.39 is 21.6 Å². The van der Waals surface area contributed by atoms with Crippen LogP contribution in [0.5, 0.6) is 0 Å². The first-order valence-corrected chi connectivity index (χ1v) is 11.6. The van der Waals surface area contributed by atoms with Crippen LogP contribution in [-0.4, -0.2) is 86.8 Å². The van der Waals surface area contributed by atoms with Crippen molar-refractivity contribution in [1.82, 2.24) is 14.1 Å². The molecule has 0 unspecified atom stereocenters. The molecule has 1 heterocycles. The highest BCUT2D eigenvalue weighted by Crippen LogP contribution is 2.21. The van der Waals surface area contributed by atoms with E-state index in [0.29, 0.717) is 31.7 Å². The van der Waals surface area contributed by atoms with E-state index in [2.05, 4.69) is 0 Å². The zero-order valence-corrected chi connectivity index (χ0v) is 19.4. The third kappa shape index (κ3) is 6.78. The number of carbonyl (C=O) groups excluding carboxylic acids is 2. The van der Waals surface area contributed by atoms with E-state index in [0.717, 1.165) is 12.8 Å². The quantitative estimate of drug-likeness (QED) is 0.574. The third-order valence-electron chi connectivity index (χ3n) is 4.65. The molecule has 30 heavy (non-hydrogen) atoms. The van der Waals surface area contributed by atoms with Gasteiger partial charge < -0.3 is 14.5 Å². The van der Waals surface area contributed by atoms with Crippen molar-refractivity contribution >= 4 is 21.9 Å². The van der Waals surface area contributed by atoms with Crippen LogP contribution >= 0.6 is 0 Å². The summed E-state index contributed by atoms with van der Waals surface area (Å²) in [6.07, 6.45) is 1.72. The topological polar surface area (TPSA) is 87.2 Å². The Morgan fingerprint density at radius 1 is 1.03 bits per heavy atom. The second-order valence-electron chi connectivity index (χ2n) is 8.75. The molecule has 0 aromatic heterocycles. The molecule has 1 aliphatic heterocycles. The highest BCUT2D eigenvalue weighted by molar-refractivity contribution is 7.89. The van der Waals surface area contributed by atoms with Crippen molar-refractivity contribution in [2.75, 3.05) is 46.8 Å². The van der Waals surface area contributed by atoms with E-state index >= 15 is 0 Å². The van der Waals surface area contributed by atoms with E-state index in [1.807, 2.05) is 19.0 Å². The number of ether oxygens (including phenoxy) is 1. The van der Waals surface area contributed by atoms with Crippen molar-refractivity contribution in [3.63, 3.8) is 0 Å². The first-order chi connectivity index (χ1) is 13.9. The number of hydrogen-bond acceptors (Lipinski definition) is 6. The summed E-state index contributed by atoms with van der Waals surface area (Å²) in [7, 11) is 0.232. The SMILES string of the molecule is CN(C)CCN(CC(=O)OC(C)(C)C)C(=O)c1ccc(S(=O)(=O)N2CCCC2)cc1. The monoisotopic (exact) mass is 439 g/mol. The molecule has 0 radical (unpaired) electrons. The number of rotatable bonds is 8. The molecule has 0 N–H and O–H groups in total. The van der Waals surface area contributed by atoms with Crippen LogP contribution in [0.15, 0.2) is 29.2 Å². The van der Waals surface area contributed by atoms with Crippen LogP contribution in [0.1, 0.15) is 44.0 Å². The maximum atomic E-state index is 13.0. The lowest BCUT2D eigenvalue weighted by molar-refractivity contribution is -0.155. The van der Waals surface area contributed by atoms with Crippen LogP contribution in [0, 0.1) is 0 Å². The van der Waals surface area contributed by atoms with Crippen LogP contribution in [0.25, 0.3) is 0 Å². The van der Waals surface area contributed by atoms with E-state index in [9.17, 15) is 18.0 Å². The molecule has 1 saturated heterocycles. The lowest BCUT2D eigenvalue weighted by atomic mass is 10.2. The highest BCUT2D eigenvalue weighted by atomic mass is 32.2. The fourth-order valence-corrected chi connectivity index (χ4v) is 4.65. The van der Waals surface area contributed by atoms with E-state index in [4.69, 9.17) is 4.74 Å². The molecule has 8 nitrogen and oxygen atoms in total. The summed E-state index contributed by atoms with van der Waals surface area (Å²) in [6, 6.07) is 5.92. The van der Waals surface area contributed by atoms with Crippen LogP contribution in [-0.2, 0) is 19.6 Å². The number of likely N-dealkylation sites (N-methyl/N-ethyl adjacent to an activating group) is 1. The molecular formula is C21H33N3O5S. The average Bonchev–Trinajstić information content (AvgIpc) is 3.18. The summed E-state index contributed by atoms with van der Waals surface area (Å²) in [6.45, 7) is 7.13. The Bertz CT molecular complexity index is 838. The van der Waals surface area contributed by atoms with Crippen LogP contribution in [0.2, 0.25) is 0 Å². The van der Waals surface area contributed by atoms with Gasteiger partial charge in [0.1, 0.15) is 12.1 Å². The van der Waals surface area contributed by atoms with E-state index in [1.165, 1.54) is 33.5 Å². The Labute approximate surface area is 179 Å². The van der Waals surface area contributed by atoms with E-state index in [-0.39, 0.29) is 17.3 Å². The average molecular weight is 440 g/mol. The first-order valence-electron chi connectivity index (χ1n) is 10.2. The predicted molar refractivity (Wildman–Crippen MR) is 115 cm³/mol. The van der Waals surface area contributed by atoms with Crippen molar-refractivity contribution < 1.29 is 22.7 Å². The Morgan fingerprint density at radius 3 is 2.10 bits per heavy atom. The summed E-state index contributed by atoms with van der Waals surface area (Å²) >= 11 is 0. The minimum absolute atomic E-state index is 0.169. The number of sulfonamides is 1. The molecule has 0 saturated carbocycles. The lowest BCUT2D eigenvalue weighted by Crippen LogP contribution is -2.42. The maximum absolute atomic E-state index is 13.0. The van der Waals surface area contributed by atoms with Crippen LogP contribution in [0.4, 0.5) is 0 Å². The van der Waals surface area contributed by atoms with Gasteiger partial charge in [-0.15, -0.1) is 0 Å². The van der Waals surface area contributed by atoms with Gasteiger partial charge in [-0.05, 0) is 72.0 Å². The molecule has 2 rings (SSSR count). The minimum atomic E-state index is -3.53. The van der Waals surface area contributed by atoms with Gasteiger partial charge in [-0.1, -0.05) is 0 Å². The normalized spacial score (nSPS) is 15.4. The van der Waals surface area contributed by atoms with Gasteiger partial charge >= 0.3 is 5.97 Å². The van der Waals surface area contributed by atoms with Gasteiger partial charge in [-0.25, -0.2) is 8.42 Å². The molecular weight excluding hydrogens is 406 g/mol. The van der Waals surface area contributed by atoms with Gasteiger partial charge in [0.2, 0.25) is 10.0 Å². The molecule has 1 fully saturated rings. The molecule has 1 aromatic rings. The van der Waals surface area contributed by atoms with Gasteiger partial charge in [0.25, 0.3) is 5.91 Å². The molecule has 168 valence electrons. The second-order valence-corrected chi connectivity index (χ2v) is 10.7. The van der Waals surface area contributed by atoms with Crippen molar-refractivity contribution in [3.8, 4) is 0 Å². The molecule has 0 spiro atoms. The van der Waals surface area contributed by atoms with Crippen molar-refractivity contribution in [2.45, 2.75) is 44.1 Å². The number of benzene rings is 1. The summed E-state index contributed by atoms with van der Waals surface area (Å²) < 4.78 is 32.2. The molecule has 0 aliphatic carbocycles. The fourth-order valence-electron chi connectivity index (χ4n) is 3.13. The molecule has 0 bridgehead atoms. The second kappa shape index (κ2) is 9.89. The summed E-state index contributed by atoms with van der Waals surface area (Å²) in [5, 5.41) is 0. The first kappa shape index (κ1) is 24.3. The minimum Gasteiger partial charge on any atom is -0.459 e. The van der Waals surface area contributed by atoms with Crippen molar-refractivity contribution in [1.29, 1.82) is 0 Å². The number of carbonyl (C=O) groups is 2. The predicted octanol–water partition coefficient (Wildman–Crippen LogP) is 1.82. The van der Waals surface area contributed by atoms with Gasteiger partial charge in [0.15, 0.2) is 0 Å². The number of esters is 1. The lowest BCUT2D eigenvalue weighted by Gasteiger charge is -2.26. The van der Waals surface area contributed by atoms with Gasteiger partial charge in [-0.3, -0.25) is 9.59 Å². The molecule has 0 atom stereocenters. The number of nitrogens with zero attached hydrogens (tertiary/aromatic N) is 3. The third-order valence-corrected chi connectivity index (χ3v) is 6.56. The highest BCUT2D eigenvalue weighted by Gasteiger charge is 2.28. The Morgan fingerprint density at radius 2 is 1.60 bits per heavy atom. The van der Waals surface area contributed by atoms with Crippen molar-refractivity contribution in [2.24, 2.45) is 0 Å². The maximum Gasteiger partial charge on any atom is 0.326 e. The van der Waals surface area contributed by atoms with Crippen LogP contribution < -0.4 is 0 Å². The number of hydrogen-bond donors (Lipinski definition) is 0. The molecule has 1 amide bonds. The van der Waals surface area contributed by atoms with Gasteiger partial charge in [0.05, 0.1) is 4.90 Å². The zero-order valence-electron chi connectivity index (χ0n) is 18.6. The van der Waals surface area contributed by atoms with E-state index in [1.54, 1.807) is 20.8 Å². The summed E-state index contributed by atoms with van der Waals surface area (Å²) in [5.74, 6) is -0.823. The Balaban J connectivity index is 2.16. The summed E-state index contributed by atoms with van der Waals surface area (Å²) in [5.41, 5.74) is -0.309. The Hall–Kier alpha value is -1.97. The standard InChI is InChI=1S/C21H33N3O5S/c1-21(2,3)29-19(25)16-23(15-14-22(4)5)20(26)17-8-10-18(11-9-17)30(27,28)24-12-6-7-13-24/h8-11H,6-7,12-16H2,1-5H3. The number of amides is 1. The molecule has 1 aromatic carbocycles. The smallest absolute Gasteiger partial charge is 0.326 e. The largest absolute Gasteiger partial charge is 0.459 e. The molecule has 9 heteroatoms. The zero-order chi connectivity index (χ0) is 22.5. The summed E-state index contributed by atoms with van der Waals surface area (Å²) in [4.78, 5) is 28.8. The molecule has 1 aliphatic rings. The fraction of sp³-hybridized carbons (Fsp3) is 0.619. The Kier molecular flexibility index (Phi) is 8.01. The van der Waals surface area contributed by atoms with Crippen LogP contribution in [0.3, 0.4) is 0 Å².